The Bertz CT molecular complexity index is 240. The lowest BCUT2D eigenvalue weighted by molar-refractivity contribution is -0.490. The smallest absolute Gasteiger partial charge is 0.309 e. The van der Waals surface area contributed by atoms with Crippen LogP contribution in [0.25, 0.3) is 0 Å². The van der Waals surface area contributed by atoms with E-state index in [1.54, 1.807) is 13.8 Å². The summed E-state index contributed by atoms with van der Waals surface area (Å²) >= 11 is 0. The predicted octanol–water partition coefficient (Wildman–Crippen LogP) is 2.12. The molecule has 0 saturated carbocycles. The molecule has 94 valence electrons. The van der Waals surface area contributed by atoms with E-state index in [9.17, 15) is 14.9 Å². The molecule has 0 aromatic carbocycles. The Balaban J connectivity index is 4.47. The van der Waals surface area contributed by atoms with Crippen LogP contribution in [-0.4, -0.2) is 24.0 Å². The quantitative estimate of drug-likeness (QED) is 0.382. The largest absolute Gasteiger partial charge is 0.466 e. The standard InChI is InChI=1S/C11H21NO4/c1-5-16-11(13)9(4)10(6-8(2)3)7-12(14)15/h8-10H,5-7H2,1-4H3. The highest BCUT2D eigenvalue weighted by molar-refractivity contribution is 5.72. The molecule has 0 N–H and O–H groups in total. The summed E-state index contributed by atoms with van der Waals surface area (Å²) in [5, 5.41) is 10.5. The monoisotopic (exact) mass is 231 g/mol. The Morgan fingerprint density at radius 1 is 1.38 bits per heavy atom. The van der Waals surface area contributed by atoms with Crippen molar-refractivity contribution in [2.45, 2.75) is 34.1 Å². The highest BCUT2D eigenvalue weighted by atomic mass is 16.6. The first-order valence-electron chi connectivity index (χ1n) is 5.66. The summed E-state index contributed by atoms with van der Waals surface area (Å²) in [6.07, 6.45) is 0.668. The van der Waals surface area contributed by atoms with Gasteiger partial charge >= 0.3 is 5.97 Å². The molecule has 0 fully saturated rings. The molecular weight excluding hydrogens is 210 g/mol. The lowest BCUT2D eigenvalue weighted by Crippen LogP contribution is -2.29. The Labute approximate surface area is 96.3 Å². The molecule has 2 unspecified atom stereocenters. The third-order valence-corrected chi connectivity index (χ3v) is 2.52. The van der Waals surface area contributed by atoms with Crippen LogP contribution in [0, 0.1) is 27.9 Å². The number of nitrogens with zero attached hydrogens (tertiary/aromatic N) is 1. The maximum atomic E-state index is 11.5. The SMILES string of the molecule is CCOC(=O)C(C)C(CC(C)C)C[N+](=O)[O-]. The molecule has 0 rings (SSSR count). The molecular formula is C11H21NO4. The average molecular weight is 231 g/mol. The van der Waals surface area contributed by atoms with Gasteiger partial charge in [-0.2, -0.15) is 0 Å². The van der Waals surface area contributed by atoms with Crippen molar-refractivity contribution in [1.82, 2.24) is 0 Å². The second kappa shape index (κ2) is 7.19. The van der Waals surface area contributed by atoms with Gasteiger partial charge in [-0.3, -0.25) is 14.9 Å². The van der Waals surface area contributed by atoms with Crippen LogP contribution in [-0.2, 0) is 9.53 Å². The molecule has 0 aliphatic carbocycles. The summed E-state index contributed by atoms with van der Waals surface area (Å²) in [6, 6.07) is 0. The molecule has 0 aromatic heterocycles. The molecule has 0 aliphatic rings. The van der Waals surface area contributed by atoms with E-state index < -0.39 is 5.92 Å². The Morgan fingerprint density at radius 2 is 1.94 bits per heavy atom. The Kier molecular flexibility index (Phi) is 6.69. The van der Waals surface area contributed by atoms with Crippen molar-refractivity contribution in [3.63, 3.8) is 0 Å². The van der Waals surface area contributed by atoms with Gasteiger partial charge < -0.3 is 4.74 Å². The maximum Gasteiger partial charge on any atom is 0.309 e. The van der Waals surface area contributed by atoms with Crippen molar-refractivity contribution in [1.29, 1.82) is 0 Å². The fraction of sp³-hybridized carbons (Fsp3) is 0.909. The normalized spacial score (nSPS) is 14.6. The second-order valence-corrected chi connectivity index (χ2v) is 4.45. The van der Waals surface area contributed by atoms with Gasteiger partial charge in [0.2, 0.25) is 6.54 Å². The minimum absolute atomic E-state index is 0.168. The number of nitro groups is 1. The van der Waals surface area contributed by atoms with Gasteiger partial charge in [0.1, 0.15) is 0 Å². The number of carbonyl (C=O) groups excluding carboxylic acids is 1. The van der Waals surface area contributed by atoms with Gasteiger partial charge in [-0.15, -0.1) is 0 Å². The molecule has 0 radical (unpaired) electrons. The lowest BCUT2D eigenvalue weighted by Gasteiger charge is -2.20. The van der Waals surface area contributed by atoms with Gasteiger partial charge in [-0.05, 0) is 19.3 Å². The van der Waals surface area contributed by atoms with E-state index in [1.807, 2.05) is 13.8 Å². The second-order valence-electron chi connectivity index (χ2n) is 4.45. The molecule has 0 amide bonds. The zero-order valence-corrected chi connectivity index (χ0v) is 10.4. The van der Waals surface area contributed by atoms with Crippen LogP contribution in [0.3, 0.4) is 0 Å². The predicted molar refractivity (Wildman–Crippen MR) is 60.6 cm³/mol. The van der Waals surface area contributed by atoms with E-state index in [2.05, 4.69) is 0 Å². The Hall–Kier alpha value is -1.13. The first-order valence-corrected chi connectivity index (χ1v) is 5.66. The fourth-order valence-electron chi connectivity index (χ4n) is 1.70. The molecule has 0 aliphatic heterocycles. The zero-order valence-electron chi connectivity index (χ0n) is 10.4. The van der Waals surface area contributed by atoms with Gasteiger partial charge in [0.25, 0.3) is 0 Å². The van der Waals surface area contributed by atoms with E-state index >= 15 is 0 Å². The third kappa shape index (κ3) is 5.68. The van der Waals surface area contributed by atoms with E-state index in [0.717, 1.165) is 0 Å². The number of hydrogen-bond acceptors (Lipinski definition) is 4. The summed E-state index contributed by atoms with van der Waals surface area (Å²) in [7, 11) is 0. The molecule has 0 aromatic rings. The van der Waals surface area contributed by atoms with Gasteiger partial charge in [0.15, 0.2) is 0 Å². The summed E-state index contributed by atoms with van der Waals surface area (Å²) in [5.74, 6) is -0.654. The third-order valence-electron chi connectivity index (χ3n) is 2.52. The summed E-state index contributed by atoms with van der Waals surface area (Å²) in [6.45, 7) is 7.56. The molecule has 0 bridgehead atoms. The highest BCUT2D eigenvalue weighted by Crippen LogP contribution is 2.22. The molecule has 0 spiro atoms. The van der Waals surface area contributed by atoms with Crippen molar-refractivity contribution in [2.75, 3.05) is 13.2 Å². The molecule has 5 heteroatoms. The van der Waals surface area contributed by atoms with Crippen molar-refractivity contribution in [3.8, 4) is 0 Å². The van der Waals surface area contributed by atoms with E-state index in [4.69, 9.17) is 4.74 Å². The Morgan fingerprint density at radius 3 is 2.31 bits per heavy atom. The van der Waals surface area contributed by atoms with Gasteiger partial charge in [-0.1, -0.05) is 20.8 Å². The fourth-order valence-corrected chi connectivity index (χ4v) is 1.70. The molecule has 0 saturated heterocycles. The summed E-state index contributed by atoms with van der Waals surface area (Å²) in [5.41, 5.74) is 0. The van der Waals surface area contributed by atoms with Crippen LogP contribution in [0.5, 0.6) is 0 Å². The molecule has 2 atom stereocenters. The van der Waals surface area contributed by atoms with Gasteiger partial charge in [0.05, 0.1) is 12.5 Å². The van der Waals surface area contributed by atoms with Crippen molar-refractivity contribution >= 4 is 5.97 Å². The van der Waals surface area contributed by atoms with E-state index in [0.29, 0.717) is 18.9 Å². The topological polar surface area (TPSA) is 69.4 Å². The van der Waals surface area contributed by atoms with Crippen LogP contribution in [0.4, 0.5) is 0 Å². The molecule has 16 heavy (non-hydrogen) atoms. The number of carbonyl (C=O) groups is 1. The molecule has 5 nitrogen and oxygen atoms in total. The number of rotatable bonds is 7. The van der Waals surface area contributed by atoms with Crippen molar-refractivity contribution in [3.05, 3.63) is 10.1 Å². The van der Waals surface area contributed by atoms with E-state index in [-0.39, 0.29) is 23.4 Å². The number of ether oxygens (including phenoxy) is 1. The first kappa shape index (κ1) is 14.9. The van der Waals surface area contributed by atoms with Crippen LogP contribution < -0.4 is 0 Å². The number of esters is 1. The van der Waals surface area contributed by atoms with Crippen LogP contribution in [0.15, 0.2) is 0 Å². The van der Waals surface area contributed by atoms with Crippen molar-refractivity contribution in [2.24, 2.45) is 17.8 Å². The number of hydrogen-bond donors (Lipinski definition) is 0. The summed E-state index contributed by atoms with van der Waals surface area (Å²) in [4.78, 5) is 21.7. The van der Waals surface area contributed by atoms with Crippen LogP contribution >= 0.6 is 0 Å². The lowest BCUT2D eigenvalue weighted by atomic mass is 9.86. The van der Waals surface area contributed by atoms with Gasteiger partial charge in [-0.25, -0.2) is 0 Å². The minimum atomic E-state index is -0.409. The van der Waals surface area contributed by atoms with Crippen molar-refractivity contribution < 1.29 is 14.5 Å². The summed E-state index contributed by atoms with van der Waals surface area (Å²) < 4.78 is 4.89. The highest BCUT2D eigenvalue weighted by Gasteiger charge is 2.29. The minimum Gasteiger partial charge on any atom is -0.466 e. The van der Waals surface area contributed by atoms with Crippen LogP contribution in [0.1, 0.15) is 34.1 Å². The van der Waals surface area contributed by atoms with Crippen LogP contribution in [0.2, 0.25) is 0 Å². The van der Waals surface area contributed by atoms with E-state index in [1.165, 1.54) is 0 Å². The first-order chi connectivity index (χ1) is 7.38. The maximum absolute atomic E-state index is 11.5. The zero-order chi connectivity index (χ0) is 12.7. The van der Waals surface area contributed by atoms with Gasteiger partial charge in [0, 0.05) is 10.8 Å². The average Bonchev–Trinajstić information content (AvgIpc) is 2.14. The molecule has 0 heterocycles.